The van der Waals surface area contributed by atoms with Crippen molar-refractivity contribution >= 4 is 21.6 Å². The van der Waals surface area contributed by atoms with Gasteiger partial charge in [0.05, 0.1) is 12.1 Å². The zero-order valence-electron chi connectivity index (χ0n) is 12.1. The fraction of sp³-hybridized carbons (Fsp3) is 0.500. The molecule has 2 aromatic rings. The lowest BCUT2D eigenvalue weighted by atomic mass is 9.89. The van der Waals surface area contributed by atoms with Crippen LogP contribution in [0.2, 0.25) is 0 Å². The van der Waals surface area contributed by atoms with Crippen LogP contribution in [0.15, 0.2) is 16.6 Å². The molecule has 0 spiro atoms. The Balaban J connectivity index is 1.90. The average Bonchev–Trinajstić information content (AvgIpc) is 2.86. The highest BCUT2D eigenvalue weighted by Gasteiger charge is 2.34. The molecule has 1 aromatic heterocycles. The molecule has 1 saturated carbocycles. The molecule has 7 heteroatoms. The number of hydrogen-bond acceptors (Lipinski definition) is 5. The van der Waals surface area contributed by atoms with Gasteiger partial charge in [-0.3, -0.25) is 0 Å². The Hall–Kier alpha value is -1.47. The molecule has 21 heavy (non-hydrogen) atoms. The van der Waals surface area contributed by atoms with E-state index in [2.05, 4.69) is 31.5 Å². The molecule has 1 fully saturated rings. The molecular weight excluding hydrogens is 334 g/mol. The van der Waals surface area contributed by atoms with Crippen molar-refractivity contribution < 1.29 is 4.74 Å². The predicted octanol–water partition coefficient (Wildman–Crippen LogP) is 2.73. The smallest absolute Gasteiger partial charge is 0.182 e. The van der Waals surface area contributed by atoms with Gasteiger partial charge >= 0.3 is 0 Å². The molecule has 6 nitrogen and oxygen atoms in total. The second-order valence-electron chi connectivity index (χ2n) is 5.32. The maximum atomic E-state index is 6.03. The van der Waals surface area contributed by atoms with E-state index in [1.807, 2.05) is 30.7 Å². The van der Waals surface area contributed by atoms with E-state index >= 15 is 0 Å². The second kappa shape index (κ2) is 5.73. The van der Waals surface area contributed by atoms with Crippen molar-refractivity contribution in [2.75, 3.05) is 12.3 Å². The summed E-state index contributed by atoms with van der Waals surface area (Å²) in [5, 5.41) is 12.2. The molecule has 3 rings (SSSR count). The molecule has 0 aliphatic heterocycles. The van der Waals surface area contributed by atoms with Crippen LogP contribution in [0.4, 0.5) is 5.69 Å². The molecule has 1 aliphatic carbocycles. The van der Waals surface area contributed by atoms with Gasteiger partial charge in [0, 0.05) is 22.3 Å². The van der Waals surface area contributed by atoms with Gasteiger partial charge in [0.25, 0.3) is 0 Å². The summed E-state index contributed by atoms with van der Waals surface area (Å²) in [5.41, 5.74) is 8.73. The van der Waals surface area contributed by atoms with E-state index in [1.54, 1.807) is 0 Å². The summed E-state index contributed by atoms with van der Waals surface area (Å²) in [6, 6.07) is 4.19. The molecule has 1 aromatic carbocycles. The highest BCUT2D eigenvalue weighted by Crippen LogP contribution is 2.37. The quantitative estimate of drug-likeness (QED) is 0.856. The maximum Gasteiger partial charge on any atom is 0.182 e. The summed E-state index contributed by atoms with van der Waals surface area (Å²) in [6.07, 6.45) is 2.23. The van der Waals surface area contributed by atoms with Crippen LogP contribution in [0.1, 0.15) is 31.4 Å². The number of hydrogen-bond donors (Lipinski definition) is 1. The third kappa shape index (κ3) is 2.67. The molecule has 0 amide bonds. The van der Waals surface area contributed by atoms with Gasteiger partial charge in [-0.05, 0) is 54.8 Å². The first-order valence-corrected chi connectivity index (χ1v) is 7.85. The van der Waals surface area contributed by atoms with Gasteiger partial charge in [0.15, 0.2) is 5.82 Å². The first-order chi connectivity index (χ1) is 10.1. The molecule has 0 atom stereocenters. The Morgan fingerprint density at radius 3 is 2.90 bits per heavy atom. The molecule has 1 aliphatic rings. The predicted molar refractivity (Wildman–Crippen MR) is 83.8 cm³/mol. The molecule has 2 N–H and O–H groups in total. The third-order valence-corrected chi connectivity index (χ3v) is 4.42. The van der Waals surface area contributed by atoms with Gasteiger partial charge in [-0.25, -0.2) is 4.68 Å². The largest absolute Gasteiger partial charge is 0.398 e. The Morgan fingerprint density at radius 2 is 2.19 bits per heavy atom. The maximum absolute atomic E-state index is 6.03. The number of tetrazole rings is 1. The first kappa shape index (κ1) is 14.5. The number of benzene rings is 1. The second-order valence-corrected chi connectivity index (χ2v) is 6.23. The molecular formula is C14H18BrN5O. The molecule has 0 radical (unpaired) electrons. The van der Waals surface area contributed by atoms with Gasteiger partial charge in [-0.15, -0.1) is 5.10 Å². The summed E-state index contributed by atoms with van der Waals surface area (Å²) in [6.45, 7) is 4.75. The van der Waals surface area contributed by atoms with Crippen molar-refractivity contribution in [3.05, 3.63) is 22.2 Å². The topological polar surface area (TPSA) is 78.8 Å². The Labute approximate surface area is 131 Å². The van der Waals surface area contributed by atoms with Crippen LogP contribution >= 0.6 is 15.9 Å². The van der Waals surface area contributed by atoms with Crippen LogP contribution in [-0.4, -0.2) is 32.9 Å². The van der Waals surface area contributed by atoms with E-state index in [9.17, 15) is 0 Å². The average molecular weight is 352 g/mol. The van der Waals surface area contributed by atoms with E-state index < -0.39 is 0 Å². The minimum absolute atomic E-state index is 0.297. The Bertz CT molecular complexity index is 651. The van der Waals surface area contributed by atoms with E-state index in [-0.39, 0.29) is 0 Å². The van der Waals surface area contributed by atoms with Crippen LogP contribution in [0.25, 0.3) is 11.4 Å². The van der Waals surface area contributed by atoms with Gasteiger partial charge in [0.1, 0.15) is 0 Å². The standard InChI is InChI=1S/C14H18BrN5O/c1-3-21-11-6-10(7-11)20-14(17-18-19-20)12-4-9(15)5-13(16)8(12)2/h4-5,10-11H,3,6-7,16H2,1-2H3. The van der Waals surface area contributed by atoms with Gasteiger partial charge < -0.3 is 10.5 Å². The van der Waals surface area contributed by atoms with Crippen LogP contribution in [-0.2, 0) is 4.74 Å². The molecule has 0 unspecified atom stereocenters. The Morgan fingerprint density at radius 1 is 1.43 bits per heavy atom. The third-order valence-electron chi connectivity index (χ3n) is 3.96. The number of nitrogen functional groups attached to an aromatic ring is 1. The zero-order chi connectivity index (χ0) is 15.0. The SMILES string of the molecule is CCOC1CC(n2nnnc2-c2cc(Br)cc(N)c2C)C1. The monoisotopic (exact) mass is 351 g/mol. The van der Waals surface area contributed by atoms with Crippen molar-refractivity contribution in [1.29, 1.82) is 0 Å². The van der Waals surface area contributed by atoms with Crippen molar-refractivity contribution in [1.82, 2.24) is 20.2 Å². The summed E-state index contributed by atoms with van der Waals surface area (Å²) in [4.78, 5) is 0. The number of nitrogens with zero attached hydrogens (tertiary/aromatic N) is 4. The highest BCUT2D eigenvalue weighted by molar-refractivity contribution is 9.10. The summed E-state index contributed by atoms with van der Waals surface area (Å²) in [7, 11) is 0. The fourth-order valence-electron chi connectivity index (χ4n) is 2.66. The normalized spacial score (nSPS) is 21.3. The zero-order valence-corrected chi connectivity index (χ0v) is 13.7. The van der Waals surface area contributed by atoms with Gasteiger partial charge in [-0.2, -0.15) is 0 Å². The number of nitrogens with two attached hydrogens (primary N) is 1. The Kier molecular flexibility index (Phi) is 3.95. The van der Waals surface area contributed by atoms with Gasteiger partial charge in [0.2, 0.25) is 0 Å². The van der Waals surface area contributed by atoms with E-state index in [1.165, 1.54) is 0 Å². The molecule has 1 heterocycles. The molecule has 0 bridgehead atoms. The highest BCUT2D eigenvalue weighted by atomic mass is 79.9. The lowest BCUT2D eigenvalue weighted by Gasteiger charge is -2.34. The molecule has 112 valence electrons. The summed E-state index contributed by atoms with van der Waals surface area (Å²) >= 11 is 3.48. The van der Waals surface area contributed by atoms with E-state index in [4.69, 9.17) is 10.5 Å². The summed E-state index contributed by atoms with van der Waals surface area (Å²) < 4.78 is 8.42. The van der Waals surface area contributed by atoms with Crippen LogP contribution < -0.4 is 5.73 Å². The van der Waals surface area contributed by atoms with Crippen LogP contribution in [0.5, 0.6) is 0 Å². The first-order valence-electron chi connectivity index (χ1n) is 7.05. The number of halogens is 1. The van der Waals surface area contributed by atoms with E-state index in [0.717, 1.165) is 46.6 Å². The van der Waals surface area contributed by atoms with Crippen LogP contribution in [0.3, 0.4) is 0 Å². The van der Waals surface area contributed by atoms with Crippen molar-refractivity contribution in [2.45, 2.75) is 38.8 Å². The van der Waals surface area contributed by atoms with Crippen molar-refractivity contribution in [2.24, 2.45) is 0 Å². The number of ether oxygens (including phenoxy) is 1. The lowest BCUT2D eigenvalue weighted by Crippen LogP contribution is -2.34. The van der Waals surface area contributed by atoms with E-state index in [0.29, 0.717) is 12.1 Å². The number of anilines is 1. The minimum Gasteiger partial charge on any atom is -0.398 e. The number of aromatic nitrogens is 4. The summed E-state index contributed by atoms with van der Waals surface area (Å²) in [5.74, 6) is 0.764. The molecule has 0 saturated heterocycles. The minimum atomic E-state index is 0.297. The van der Waals surface area contributed by atoms with Gasteiger partial charge in [-0.1, -0.05) is 15.9 Å². The number of rotatable bonds is 4. The van der Waals surface area contributed by atoms with Crippen molar-refractivity contribution in [3.63, 3.8) is 0 Å². The van der Waals surface area contributed by atoms with Crippen molar-refractivity contribution in [3.8, 4) is 11.4 Å². The van der Waals surface area contributed by atoms with Crippen LogP contribution in [0, 0.1) is 6.92 Å². The lowest BCUT2D eigenvalue weighted by molar-refractivity contribution is -0.0227. The fourth-order valence-corrected chi connectivity index (χ4v) is 3.13.